The molecule has 140 valence electrons. The van der Waals surface area contributed by atoms with E-state index in [1.165, 1.54) is 0 Å². The van der Waals surface area contributed by atoms with E-state index in [2.05, 4.69) is 15.0 Å². The number of nitrogens with zero attached hydrogens (tertiary/aromatic N) is 4. The van der Waals surface area contributed by atoms with Crippen LogP contribution in [-0.2, 0) is 0 Å². The lowest BCUT2D eigenvalue weighted by Gasteiger charge is -2.37. The summed E-state index contributed by atoms with van der Waals surface area (Å²) in [5.74, 6) is 0.241. The number of aliphatic hydroxyl groups is 1. The number of aromatic nitrogens is 3. The summed E-state index contributed by atoms with van der Waals surface area (Å²) in [5, 5.41) is 10.4. The fourth-order valence-electron chi connectivity index (χ4n) is 3.04. The molecule has 26 heavy (non-hydrogen) atoms. The van der Waals surface area contributed by atoms with Gasteiger partial charge in [0.1, 0.15) is 12.3 Å². The van der Waals surface area contributed by atoms with Crippen molar-refractivity contribution < 1.29 is 9.84 Å². The summed E-state index contributed by atoms with van der Waals surface area (Å²) in [6.45, 7) is 5.54. The van der Waals surface area contributed by atoms with Crippen LogP contribution in [-0.4, -0.2) is 56.4 Å². The van der Waals surface area contributed by atoms with Gasteiger partial charge in [0, 0.05) is 43.3 Å². The van der Waals surface area contributed by atoms with Gasteiger partial charge < -0.3 is 15.6 Å². The molecule has 0 aliphatic carbocycles. The van der Waals surface area contributed by atoms with Crippen LogP contribution in [0, 0.1) is 5.92 Å². The Hall–Kier alpha value is -2.09. The van der Waals surface area contributed by atoms with Gasteiger partial charge in [0.05, 0.1) is 5.69 Å². The van der Waals surface area contributed by atoms with Crippen molar-refractivity contribution in [2.45, 2.75) is 45.1 Å². The number of hydrogen-bond acceptors (Lipinski definition) is 7. The van der Waals surface area contributed by atoms with Crippen LogP contribution in [0.4, 0.5) is 0 Å². The second-order valence-electron chi connectivity index (χ2n) is 7.06. The first-order valence-corrected chi connectivity index (χ1v) is 9.12. The summed E-state index contributed by atoms with van der Waals surface area (Å²) < 4.78 is 5.90. The summed E-state index contributed by atoms with van der Waals surface area (Å²) >= 11 is 0. The average molecular weight is 357 g/mol. The van der Waals surface area contributed by atoms with Crippen molar-refractivity contribution in [1.82, 2.24) is 19.9 Å². The van der Waals surface area contributed by atoms with Gasteiger partial charge in [0.2, 0.25) is 0 Å². The Labute approximate surface area is 154 Å². The number of aliphatic hydroxyl groups excluding tert-OH is 1. The van der Waals surface area contributed by atoms with Crippen molar-refractivity contribution in [3.05, 3.63) is 36.8 Å². The number of piperidine rings is 1. The second-order valence-corrected chi connectivity index (χ2v) is 7.06. The molecule has 1 aliphatic heterocycles. The molecule has 3 heterocycles. The number of rotatable bonds is 6. The van der Waals surface area contributed by atoms with Gasteiger partial charge in [-0.1, -0.05) is 19.9 Å². The topological polar surface area (TPSA) is 97.4 Å². The third-order valence-electron chi connectivity index (χ3n) is 4.83. The third-order valence-corrected chi connectivity index (χ3v) is 4.83. The minimum atomic E-state index is -0.607. The molecule has 3 N–H and O–H groups in total. The quantitative estimate of drug-likeness (QED) is 0.812. The van der Waals surface area contributed by atoms with Crippen LogP contribution in [0.3, 0.4) is 0 Å². The lowest BCUT2D eigenvalue weighted by molar-refractivity contribution is -0.0510. The third kappa shape index (κ3) is 4.55. The zero-order valence-electron chi connectivity index (χ0n) is 15.3. The van der Waals surface area contributed by atoms with Crippen molar-refractivity contribution in [2.75, 3.05) is 13.1 Å². The van der Waals surface area contributed by atoms with Gasteiger partial charge in [-0.3, -0.25) is 9.88 Å². The molecule has 7 nitrogen and oxygen atoms in total. The monoisotopic (exact) mass is 357 g/mol. The Bertz CT molecular complexity index is 672. The van der Waals surface area contributed by atoms with Crippen LogP contribution in [0.2, 0.25) is 0 Å². The highest BCUT2D eigenvalue weighted by Crippen LogP contribution is 2.20. The number of nitrogens with two attached hydrogens (primary N) is 1. The van der Waals surface area contributed by atoms with E-state index in [1.54, 1.807) is 18.6 Å². The SMILES string of the molecule is CC(C)C(N)[C@H](O)N1CCC(Oc2ncc(-c3ccccn3)cn2)CC1. The fourth-order valence-corrected chi connectivity index (χ4v) is 3.04. The van der Waals surface area contributed by atoms with Gasteiger partial charge >= 0.3 is 6.01 Å². The molecular weight excluding hydrogens is 330 g/mol. The van der Waals surface area contributed by atoms with Gasteiger partial charge in [0.25, 0.3) is 0 Å². The summed E-state index contributed by atoms with van der Waals surface area (Å²) in [6, 6.07) is 5.86. The molecule has 2 atom stereocenters. The fraction of sp³-hybridized carbons (Fsp3) is 0.526. The van der Waals surface area contributed by atoms with E-state index in [-0.39, 0.29) is 18.1 Å². The van der Waals surface area contributed by atoms with Crippen LogP contribution in [0.5, 0.6) is 6.01 Å². The van der Waals surface area contributed by atoms with Crippen LogP contribution >= 0.6 is 0 Å². The minimum Gasteiger partial charge on any atom is -0.460 e. The predicted octanol–water partition coefficient (Wildman–Crippen LogP) is 1.68. The molecule has 1 unspecified atom stereocenters. The maximum atomic E-state index is 10.4. The van der Waals surface area contributed by atoms with E-state index < -0.39 is 6.23 Å². The molecule has 3 rings (SSSR count). The van der Waals surface area contributed by atoms with Crippen molar-refractivity contribution in [1.29, 1.82) is 0 Å². The smallest absolute Gasteiger partial charge is 0.316 e. The molecule has 0 spiro atoms. The molecule has 1 fully saturated rings. The first-order chi connectivity index (χ1) is 12.5. The molecular formula is C19H27N5O2. The van der Waals surface area contributed by atoms with Crippen LogP contribution in [0.25, 0.3) is 11.3 Å². The standard InChI is InChI=1S/C19H27N5O2/c1-13(2)17(20)18(25)24-9-6-15(7-10-24)26-19-22-11-14(12-23-19)16-5-3-4-8-21-16/h3-5,8,11-13,15,17-18,25H,6-7,9-10,20H2,1-2H3/t17?,18-/m0/s1. The van der Waals surface area contributed by atoms with Crippen LogP contribution in [0.1, 0.15) is 26.7 Å². The lowest BCUT2D eigenvalue weighted by Crippen LogP contribution is -2.53. The summed E-state index contributed by atoms with van der Waals surface area (Å²) in [4.78, 5) is 14.9. The summed E-state index contributed by atoms with van der Waals surface area (Å²) in [5.41, 5.74) is 7.76. The zero-order chi connectivity index (χ0) is 18.5. The zero-order valence-corrected chi connectivity index (χ0v) is 15.3. The van der Waals surface area contributed by atoms with Crippen molar-refractivity contribution in [3.8, 4) is 17.3 Å². The number of ether oxygens (including phenoxy) is 1. The van der Waals surface area contributed by atoms with Crippen molar-refractivity contribution >= 4 is 0 Å². The highest BCUT2D eigenvalue weighted by molar-refractivity contribution is 5.56. The molecule has 1 aliphatic rings. The predicted molar refractivity (Wildman–Crippen MR) is 99.3 cm³/mol. The van der Waals surface area contributed by atoms with Gasteiger partial charge in [0.15, 0.2) is 0 Å². The molecule has 0 saturated carbocycles. The largest absolute Gasteiger partial charge is 0.460 e. The molecule has 0 bridgehead atoms. The second kappa shape index (κ2) is 8.53. The molecule has 2 aromatic heterocycles. The van der Waals surface area contributed by atoms with Crippen molar-refractivity contribution in [3.63, 3.8) is 0 Å². The molecule has 0 amide bonds. The Morgan fingerprint density at radius 1 is 1.15 bits per heavy atom. The van der Waals surface area contributed by atoms with Gasteiger partial charge in [-0.15, -0.1) is 0 Å². The first-order valence-electron chi connectivity index (χ1n) is 9.12. The van der Waals surface area contributed by atoms with Gasteiger partial charge in [-0.05, 0) is 30.9 Å². The van der Waals surface area contributed by atoms with E-state index in [1.807, 2.05) is 36.9 Å². The molecule has 2 aromatic rings. The molecule has 7 heteroatoms. The lowest BCUT2D eigenvalue weighted by atomic mass is 10.0. The van der Waals surface area contributed by atoms with E-state index in [0.717, 1.165) is 37.2 Å². The van der Waals surface area contributed by atoms with E-state index in [9.17, 15) is 5.11 Å². The summed E-state index contributed by atoms with van der Waals surface area (Å²) in [6.07, 6.45) is 6.27. The van der Waals surface area contributed by atoms with Gasteiger partial charge in [-0.2, -0.15) is 0 Å². The molecule has 0 aromatic carbocycles. The minimum absolute atomic E-state index is 0.0504. The average Bonchev–Trinajstić information content (AvgIpc) is 2.68. The highest BCUT2D eigenvalue weighted by atomic mass is 16.5. The maximum Gasteiger partial charge on any atom is 0.316 e. The number of pyridine rings is 1. The normalized spacial score (nSPS) is 18.7. The summed E-state index contributed by atoms with van der Waals surface area (Å²) in [7, 11) is 0. The Morgan fingerprint density at radius 3 is 2.42 bits per heavy atom. The first kappa shape index (κ1) is 18.7. The maximum absolute atomic E-state index is 10.4. The number of likely N-dealkylation sites (tertiary alicyclic amines) is 1. The van der Waals surface area contributed by atoms with Crippen LogP contribution < -0.4 is 10.5 Å². The Morgan fingerprint density at radius 2 is 1.85 bits per heavy atom. The van der Waals surface area contributed by atoms with Crippen molar-refractivity contribution in [2.24, 2.45) is 11.7 Å². The Kier molecular flexibility index (Phi) is 6.13. The van der Waals surface area contributed by atoms with E-state index in [0.29, 0.717) is 6.01 Å². The molecule has 0 radical (unpaired) electrons. The number of hydrogen-bond donors (Lipinski definition) is 2. The highest BCUT2D eigenvalue weighted by Gasteiger charge is 2.29. The van der Waals surface area contributed by atoms with E-state index >= 15 is 0 Å². The Balaban J connectivity index is 1.52. The van der Waals surface area contributed by atoms with E-state index in [4.69, 9.17) is 10.5 Å². The molecule has 1 saturated heterocycles. The van der Waals surface area contributed by atoms with Crippen LogP contribution in [0.15, 0.2) is 36.8 Å². The van der Waals surface area contributed by atoms with Gasteiger partial charge in [-0.25, -0.2) is 9.97 Å².